The van der Waals surface area contributed by atoms with Gasteiger partial charge < -0.3 is 5.32 Å². The van der Waals surface area contributed by atoms with E-state index in [0.29, 0.717) is 23.6 Å². The molecule has 1 saturated heterocycles. The van der Waals surface area contributed by atoms with Crippen LogP contribution in [0, 0.1) is 0 Å². The zero-order valence-electron chi connectivity index (χ0n) is 8.92. The lowest BCUT2D eigenvalue weighted by Crippen LogP contribution is -2.13. The van der Waals surface area contributed by atoms with Crippen LogP contribution >= 0.6 is 11.6 Å². The highest BCUT2D eigenvalue weighted by Crippen LogP contribution is 2.27. The van der Waals surface area contributed by atoms with Crippen LogP contribution in [0.15, 0.2) is 18.2 Å². The molecule has 16 heavy (non-hydrogen) atoms. The standard InChI is InChI=1S/C12H12ClNO2/c1-7(15)10-3-2-8(4-11(10)13)9-5-12(16)14-6-9/h2-4,9H,5-6H2,1H3,(H,14,16). The minimum absolute atomic E-state index is 0.0443. The Morgan fingerprint density at radius 2 is 2.25 bits per heavy atom. The van der Waals surface area contributed by atoms with Crippen molar-refractivity contribution in [2.24, 2.45) is 0 Å². The molecule has 0 saturated carbocycles. The molecule has 1 unspecified atom stereocenters. The Morgan fingerprint density at radius 3 is 2.75 bits per heavy atom. The summed E-state index contributed by atoms with van der Waals surface area (Å²) in [5.41, 5.74) is 1.54. The van der Waals surface area contributed by atoms with E-state index in [-0.39, 0.29) is 17.6 Å². The summed E-state index contributed by atoms with van der Waals surface area (Å²) in [5, 5.41) is 3.24. The number of nitrogens with one attached hydrogen (secondary N) is 1. The van der Waals surface area contributed by atoms with Crippen LogP contribution in [0.5, 0.6) is 0 Å². The van der Waals surface area contributed by atoms with E-state index >= 15 is 0 Å². The third kappa shape index (κ3) is 2.09. The van der Waals surface area contributed by atoms with Gasteiger partial charge in [-0.3, -0.25) is 9.59 Å². The number of amides is 1. The fourth-order valence-corrected chi connectivity index (χ4v) is 2.23. The molecule has 0 radical (unpaired) electrons. The van der Waals surface area contributed by atoms with Crippen molar-refractivity contribution in [3.8, 4) is 0 Å². The molecule has 84 valence electrons. The fourth-order valence-electron chi connectivity index (χ4n) is 1.91. The lowest BCUT2D eigenvalue weighted by atomic mass is 9.96. The van der Waals surface area contributed by atoms with Crippen LogP contribution < -0.4 is 5.32 Å². The van der Waals surface area contributed by atoms with E-state index in [1.54, 1.807) is 12.1 Å². The summed E-state index contributed by atoms with van der Waals surface area (Å²) in [5.74, 6) is 0.194. The Hall–Kier alpha value is -1.35. The monoisotopic (exact) mass is 237 g/mol. The topological polar surface area (TPSA) is 46.2 Å². The van der Waals surface area contributed by atoms with Crippen molar-refractivity contribution in [1.82, 2.24) is 5.32 Å². The first kappa shape index (κ1) is 11.1. The van der Waals surface area contributed by atoms with Crippen LogP contribution in [-0.2, 0) is 4.79 Å². The first-order valence-corrected chi connectivity index (χ1v) is 5.53. The quantitative estimate of drug-likeness (QED) is 0.802. The van der Waals surface area contributed by atoms with Gasteiger partial charge in [-0.1, -0.05) is 17.7 Å². The van der Waals surface area contributed by atoms with E-state index in [0.717, 1.165) is 5.56 Å². The molecular formula is C12H12ClNO2. The maximum atomic E-state index is 11.2. The van der Waals surface area contributed by atoms with Gasteiger partial charge in [0.1, 0.15) is 0 Å². The van der Waals surface area contributed by atoms with Crippen molar-refractivity contribution in [2.45, 2.75) is 19.3 Å². The predicted molar refractivity (Wildman–Crippen MR) is 61.8 cm³/mol. The smallest absolute Gasteiger partial charge is 0.220 e. The molecule has 1 aromatic carbocycles. The summed E-state index contributed by atoms with van der Waals surface area (Å²) in [6.07, 6.45) is 0.496. The largest absolute Gasteiger partial charge is 0.355 e. The van der Waals surface area contributed by atoms with E-state index in [9.17, 15) is 9.59 Å². The van der Waals surface area contributed by atoms with Crippen LogP contribution in [0.2, 0.25) is 5.02 Å². The molecule has 1 amide bonds. The van der Waals surface area contributed by atoms with Crippen molar-refractivity contribution in [2.75, 3.05) is 6.54 Å². The summed E-state index contributed by atoms with van der Waals surface area (Å²) in [4.78, 5) is 22.3. The first-order chi connectivity index (χ1) is 7.58. The van der Waals surface area contributed by atoms with Gasteiger partial charge in [0.05, 0.1) is 5.02 Å². The summed E-state index contributed by atoms with van der Waals surface area (Å²) in [7, 11) is 0. The van der Waals surface area contributed by atoms with Crippen LogP contribution in [0.25, 0.3) is 0 Å². The fraction of sp³-hybridized carbons (Fsp3) is 0.333. The van der Waals surface area contributed by atoms with E-state index in [1.165, 1.54) is 6.92 Å². The summed E-state index contributed by atoms with van der Waals surface area (Å²) >= 11 is 6.01. The number of Topliss-reactive ketones (excluding diaryl/α,β-unsaturated/α-hetero) is 1. The molecule has 1 atom stereocenters. The average molecular weight is 238 g/mol. The van der Waals surface area contributed by atoms with Crippen molar-refractivity contribution >= 4 is 23.3 Å². The molecular weight excluding hydrogens is 226 g/mol. The number of carbonyl (C=O) groups is 2. The van der Waals surface area contributed by atoms with E-state index in [4.69, 9.17) is 11.6 Å². The molecule has 1 aromatic rings. The van der Waals surface area contributed by atoms with Gasteiger partial charge in [0.15, 0.2) is 5.78 Å². The summed E-state index contributed by atoms with van der Waals surface area (Å²) in [6.45, 7) is 2.14. The van der Waals surface area contributed by atoms with Gasteiger partial charge in [-0.15, -0.1) is 0 Å². The zero-order valence-corrected chi connectivity index (χ0v) is 9.67. The molecule has 1 N–H and O–H groups in total. The molecule has 1 heterocycles. The molecule has 3 nitrogen and oxygen atoms in total. The molecule has 1 aliphatic rings. The Morgan fingerprint density at radius 1 is 1.50 bits per heavy atom. The Bertz CT molecular complexity index is 456. The maximum absolute atomic E-state index is 11.2. The third-order valence-corrected chi connectivity index (χ3v) is 3.13. The van der Waals surface area contributed by atoms with Crippen molar-refractivity contribution in [3.63, 3.8) is 0 Å². The molecule has 0 aliphatic carbocycles. The summed E-state index contributed by atoms with van der Waals surface area (Å²) < 4.78 is 0. The molecule has 4 heteroatoms. The highest BCUT2D eigenvalue weighted by atomic mass is 35.5. The lowest BCUT2D eigenvalue weighted by molar-refractivity contribution is -0.119. The number of benzene rings is 1. The normalized spacial score (nSPS) is 19.6. The Balaban J connectivity index is 2.27. The van der Waals surface area contributed by atoms with E-state index in [1.807, 2.05) is 6.07 Å². The van der Waals surface area contributed by atoms with Gasteiger partial charge in [-0.05, 0) is 24.6 Å². The second kappa shape index (κ2) is 4.26. The highest BCUT2D eigenvalue weighted by Gasteiger charge is 2.23. The molecule has 1 fully saturated rings. The predicted octanol–water partition coefficient (Wildman–Crippen LogP) is 2.15. The number of hydrogen-bond donors (Lipinski definition) is 1. The van der Waals surface area contributed by atoms with Crippen LogP contribution in [-0.4, -0.2) is 18.2 Å². The van der Waals surface area contributed by atoms with Gasteiger partial charge in [0.25, 0.3) is 0 Å². The van der Waals surface area contributed by atoms with Gasteiger partial charge in [0.2, 0.25) is 5.91 Å². The van der Waals surface area contributed by atoms with Gasteiger partial charge in [-0.25, -0.2) is 0 Å². The number of rotatable bonds is 2. The van der Waals surface area contributed by atoms with Crippen LogP contribution in [0.3, 0.4) is 0 Å². The molecule has 0 bridgehead atoms. The molecule has 0 aromatic heterocycles. The highest BCUT2D eigenvalue weighted by molar-refractivity contribution is 6.33. The molecule has 1 aliphatic heterocycles. The minimum atomic E-state index is -0.0443. The second-order valence-corrected chi connectivity index (χ2v) is 4.41. The number of ketones is 1. The Labute approximate surface area is 98.8 Å². The number of halogens is 1. The average Bonchev–Trinajstić information content (AvgIpc) is 2.64. The Kier molecular flexibility index (Phi) is 2.97. The van der Waals surface area contributed by atoms with Gasteiger partial charge in [0, 0.05) is 24.4 Å². The second-order valence-electron chi connectivity index (χ2n) is 4.00. The van der Waals surface area contributed by atoms with Crippen molar-refractivity contribution in [1.29, 1.82) is 0 Å². The maximum Gasteiger partial charge on any atom is 0.220 e. The van der Waals surface area contributed by atoms with E-state index in [2.05, 4.69) is 5.32 Å². The van der Waals surface area contributed by atoms with Crippen molar-refractivity contribution < 1.29 is 9.59 Å². The zero-order chi connectivity index (χ0) is 11.7. The van der Waals surface area contributed by atoms with Gasteiger partial charge in [-0.2, -0.15) is 0 Å². The lowest BCUT2D eigenvalue weighted by Gasteiger charge is -2.09. The summed E-state index contributed by atoms with van der Waals surface area (Å²) in [6, 6.07) is 5.37. The molecule has 2 rings (SSSR count). The van der Waals surface area contributed by atoms with E-state index < -0.39 is 0 Å². The number of carbonyl (C=O) groups excluding carboxylic acids is 2. The van der Waals surface area contributed by atoms with Crippen LogP contribution in [0.4, 0.5) is 0 Å². The van der Waals surface area contributed by atoms with Gasteiger partial charge >= 0.3 is 0 Å². The van der Waals surface area contributed by atoms with Crippen molar-refractivity contribution in [3.05, 3.63) is 34.3 Å². The minimum Gasteiger partial charge on any atom is -0.355 e. The number of hydrogen-bond acceptors (Lipinski definition) is 2. The first-order valence-electron chi connectivity index (χ1n) is 5.15. The van der Waals surface area contributed by atoms with Crippen LogP contribution in [0.1, 0.15) is 35.2 Å². The third-order valence-electron chi connectivity index (χ3n) is 2.82. The molecule has 0 spiro atoms. The SMILES string of the molecule is CC(=O)c1ccc(C2CNC(=O)C2)cc1Cl.